The summed E-state index contributed by atoms with van der Waals surface area (Å²) in [4.78, 5) is 12.6. The summed E-state index contributed by atoms with van der Waals surface area (Å²) in [5, 5.41) is 15.1. The molecule has 0 bridgehead atoms. The Bertz CT molecular complexity index is 792. The lowest BCUT2D eigenvalue weighted by Crippen LogP contribution is -2.37. The van der Waals surface area contributed by atoms with Crippen LogP contribution in [0.1, 0.15) is 12.5 Å². The summed E-state index contributed by atoms with van der Waals surface area (Å²) in [6, 6.07) is 12.3. The molecule has 5 heteroatoms. The molecular weight excluding hydrogens is 278 g/mol. The zero-order valence-electron chi connectivity index (χ0n) is 12.4. The molecule has 2 aromatic rings. The minimum Gasteiger partial charge on any atom is -0.508 e. The molecule has 0 spiro atoms. The van der Waals surface area contributed by atoms with Gasteiger partial charge in [0.1, 0.15) is 5.75 Å². The Hall–Kier alpha value is -2.95. The van der Waals surface area contributed by atoms with Crippen molar-refractivity contribution in [2.75, 3.05) is 5.01 Å². The molecular formula is C17H16N3O2+. The number of phenolic OH excluding ortho intramolecular Hbond substituents is 1. The molecule has 0 unspecified atom stereocenters. The van der Waals surface area contributed by atoms with Gasteiger partial charge in [-0.3, -0.25) is 0 Å². The minimum absolute atomic E-state index is 0.160. The van der Waals surface area contributed by atoms with Crippen LogP contribution in [0, 0.1) is 0 Å². The van der Waals surface area contributed by atoms with E-state index < -0.39 is 0 Å². The number of pyridine rings is 1. The zero-order chi connectivity index (χ0) is 15.7. The van der Waals surface area contributed by atoms with Gasteiger partial charge in [0, 0.05) is 6.07 Å². The highest BCUT2D eigenvalue weighted by Crippen LogP contribution is 2.22. The monoisotopic (exact) mass is 294 g/mol. The number of carbonyl (C=O) groups is 1. The fourth-order valence-electron chi connectivity index (χ4n) is 2.31. The van der Waals surface area contributed by atoms with E-state index in [1.165, 1.54) is 5.01 Å². The summed E-state index contributed by atoms with van der Waals surface area (Å²) in [6.07, 6.45) is 3.65. The average Bonchev–Trinajstić information content (AvgIpc) is 2.78. The molecule has 110 valence electrons. The lowest BCUT2D eigenvalue weighted by molar-refractivity contribution is -0.658. The van der Waals surface area contributed by atoms with Crippen LogP contribution in [0.25, 0.3) is 6.08 Å². The molecule has 22 heavy (non-hydrogen) atoms. The first-order chi connectivity index (χ1) is 10.6. The summed E-state index contributed by atoms with van der Waals surface area (Å²) in [6.45, 7) is 1.81. The number of phenols is 1. The molecule has 1 N–H and O–H groups in total. The van der Waals surface area contributed by atoms with E-state index in [-0.39, 0.29) is 11.7 Å². The molecule has 2 heterocycles. The Morgan fingerprint density at radius 1 is 1.18 bits per heavy atom. The molecule has 3 rings (SSSR count). The van der Waals surface area contributed by atoms with E-state index in [1.807, 2.05) is 42.9 Å². The van der Waals surface area contributed by atoms with Crippen LogP contribution in [0.5, 0.6) is 5.75 Å². The van der Waals surface area contributed by atoms with Crippen molar-refractivity contribution >= 4 is 23.5 Å². The first kappa shape index (κ1) is 14.0. The lowest BCUT2D eigenvalue weighted by Gasteiger charge is -2.05. The fraction of sp³-hybridized carbons (Fsp3) is 0.118. The third kappa shape index (κ3) is 2.48. The van der Waals surface area contributed by atoms with Gasteiger partial charge >= 0.3 is 11.7 Å². The molecule has 0 saturated carbocycles. The second-order valence-corrected chi connectivity index (χ2v) is 5.12. The van der Waals surface area contributed by atoms with Crippen LogP contribution in [0.15, 0.2) is 59.3 Å². The van der Waals surface area contributed by atoms with Gasteiger partial charge in [-0.25, -0.2) is 9.36 Å². The van der Waals surface area contributed by atoms with Crippen LogP contribution in [-0.4, -0.2) is 16.7 Å². The van der Waals surface area contributed by atoms with Gasteiger partial charge in [0.2, 0.25) is 0 Å². The van der Waals surface area contributed by atoms with Crippen molar-refractivity contribution < 1.29 is 14.5 Å². The van der Waals surface area contributed by atoms with Crippen molar-refractivity contribution in [1.82, 2.24) is 0 Å². The Morgan fingerprint density at radius 2 is 1.91 bits per heavy atom. The van der Waals surface area contributed by atoms with Crippen molar-refractivity contribution in [3.8, 4) is 5.75 Å². The summed E-state index contributed by atoms with van der Waals surface area (Å²) < 4.78 is 1.85. The number of aryl methyl sites for hydroxylation is 1. The topological polar surface area (TPSA) is 56.8 Å². The van der Waals surface area contributed by atoms with E-state index >= 15 is 0 Å². The van der Waals surface area contributed by atoms with Gasteiger partial charge in [-0.05, 0) is 36.8 Å². The lowest BCUT2D eigenvalue weighted by atomic mass is 10.1. The largest absolute Gasteiger partial charge is 0.508 e. The fourth-order valence-corrected chi connectivity index (χ4v) is 2.31. The molecule has 1 amide bonds. The number of aromatic nitrogens is 1. The highest BCUT2D eigenvalue weighted by molar-refractivity contribution is 6.31. The number of nitrogens with zero attached hydrogens (tertiary/aromatic N) is 3. The SMILES string of the molecule is CC1=NN(c2cccc[n+]2C)C(=O)/C1=C/c1ccc(O)cc1. The molecule has 1 aromatic carbocycles. The number of anilines is 1. The van der Waals surface area contributed by atoms with Gasteiger partial charge in [0.15, 0.2) is 0 Å². The van der Waals surface area contributed by atoms with Crippen LogP contribution in [0.3, 0.4) is 0 Å². The number of hydrazone groups is 1. The molecule has 1 aliphatic heterocycles. The van der Waals surface area contributed by atoms with Gasteiger partial charge in [-0.2, -0.15) is 0 Å². The van der Waals surface area contributed by atoms with Gasteiger partial charge in [0.25, 0.3) is 0 Å². The van der Waals surface area contributed by atoms with E-state index in [1.54, 1.807) is 30.3 Å². The Kier molecular flexibility index (Phi) is 3.47. The number of hydrogen-bond acceptors (Lipinski definition) is 3. The number of carbonyl (C=O) groups excluding carboxylic acids is 1. The second kappa shape index (κ2) is 5.44. The smallest absolute Gasteiger partial charge is 0.368 e. The van der Waals surface area contributed by atoms with Gasteiger partial charge in [-0.1, -0.05) is 28.3 Å². The van der Waals surface area contributed by atoms with Crippen molar-refractivity contribution in [3.63, 3.8) is 0 Å². The van der Waals surface area contributed by atoms with Crippen LogP contribution >= 0.6 is 0 Å². The molecule has 1 aromatic heterocycles. The summed E-state index contributed by atoms with van der Waals surface area (Å²) in [7, 11) is 1.87. The third-order valence-corrected chi connectivity index (χ3v) is 3.51. The Balaban J connectivity index is 1.97. The number of hydrogen-bond donors (Lipinski definition) is 1. The molecule has 0 fully saturated rings. The maximum Gasteiger partial charge on any atom is 0.368 e. The summed E-state index contributed by atoms with van der Waals surface area (Å²) in [5.41, 5.74) is 2.06. The van der Waals surface area contributed by atoms with E-state index in [0.717, 1.165) is 5.56 Å². The third-order valence-electron chi connectivity index (χ3n) is 3.51. The number of rotatable bonds is 2. The normalized spacial score (nSPS) is 16.3. The van der Waals surface area contributed by atoms with E-state index in [4.69, 9.17) is 0 Å². The molecule has 5 nitrogen and oxygen atoms in total. The standard InChI is InChI=1S/C17H15N3O2/c1-12-15(11-13-6-8-14(21)9-7-13)17(22)20(18-12)16-5-3-4-10-19(16)2/h3-11H,1-2H3/p+1. The van der Waals surface area contributed by atoms with Gasteiger partial charge < -0.3 is 5.11 Å². The summed E-state index contributed by atoms with van der Waals surface area (Å²) in [5.74, 6) is 0.747. The van der Waals surface area contributed by atoms with Crippen LogP contribution in [0.4, 0.5) is 5.82 Å². The Labute approximate surface area is 128 Å². The maximum absolute atomic E-state index is 12.6. The Morgan fingerprint density at radius 3 is 2.59 bits per heavy atom. The van der Waals surface area contributed by atoms with Crippen LogP contribution in [-0.2, 0) is 11.8 Å². The van der Waals surface area contributed by atoms with Crippen molar-refractivity contribution in [3.05, 3.63) is 59.8 Å². The van der Waals surface area contributed by atoms with E-state index in [9.17, 15) is 9.90 Å². The number of aromatic hydroxyl groups is 1. The van der Waals surface area contributed by atoms with Gasteiger partial charge in [0.05, 0.1) is 24.5 Å². The highest BCUT2D eigenvalue weighted by Gasteiger charge is 2.37. The molecule has 0 atom stereocenters. The minimum atomic E-state index is -0.160. The highest BCUT2D eigenvalue weighted by atomic mass is 16.3. The predicted octanol–water partition coefficient (Wildman–Crippen LogP) is 2.02. The predicted molar refractivity (Wildman–Crippen MR) is 84.3 cm³/mol. The van der Waals surface area contributed by atoms with Gasteiger partial charge in [-0.15, -0.1) is 0 Å². The van der Waals surface area contributed by atoms with Crippen molar-refractivity contribution in [2.24, 2.45) is 12.1 Å². The second-order valence-electron chi connectivity index (χ2n) is 5.12. The molecule has 0 aliphatic carbocycles. The molecule has 0 radical (unpaired) electrons. The first-order valence-corrected chi connectivity index (χ1v) is 6.91. The van der Waals surface area contributed by atoms with Crippen LogP contribution in [0.2, 0.25) is 0 Å². The summed E-state index contributed by atoms with van der Waals surface area (Å²) >= 11 is 0. The average molecular weight is 294 g/mol. The van der Waals surface area contributed by atoms with Crippen LogP contribution < -0.4 is 9.58 Å². The number of amides is 1. The molecule has 0 saturated heterocycles. The maximum atomic E-state index is 12.6. The number of benzene rings is 1. The van der Waals surface area contributed by atoms with E-state index in [2.05, 4.69) is 5.10 Å². The quantitative estimate of drug-likeness (QED) is 0.680. The molecule has 1 aliphatic rings. The van der Waals surface area contributed by atoms with Crippen molar-refractivity contribution in [1.29, 1.82) is 0 Å². The zero-order valence-corrected chi connectivity index (χ0v) is 12.4. The first-order valence-electron chi connectivity index (χ1n) is 6.91. The van der Waals surface area contributed by atoms with E-state index in [0.29, 0.717) is 17.1 Å². The van der Waals surface area contributed by atoms with Crippen molar-refractivity contribution in [2.45, 2.75) is 6.92 Å².